The number of hydrogen-bond acceptors (Lipinski definition) is 1. The van der Waals surface area contributed by atoms with Gasteiger partial charge in [0.25, 0.3) is 0 Å². The molecule has 3 fully saturated rings. The molecule has 7 unspecified atom stereocenters. The van der Waals surface area contributed by atoms with Crippen LogP contribution in [-0.2, 0) is 4.74 Å². The molecule has 1 heterocycles. The average molecular weight is 244 g/mol. The first-order valence-electron chi connectivity index (χ1n) is 7.71. The maximum atomic E-state index is 6.01. The third kappa shape index (κ3) is 1.63. The molecule has 1 nitrogen and oxygen atoms in total. The molecular weight excluding hydrogens is 220 g/mol. The molecule has 1 saturated heterocycles. The minimum atomic E-state index is 0.608. The van der Waals surface area contributed by atoms with Gasteiger partial charge in [0.2, 0.25) is 0 Å². The number of allylic oxidation sites excluding steroid dienone is 3. The van der Waals surface area contributed by atoms with Crippen LogP contribution in [0.2, 0.25) is 0 Å². The van der Waals surface area contributed by atoms with Gasteiger partial charge in [-0.2, -0.15) is 0 Å². The van der Waals surface area contributed by atoms with Crippen LogP contribution in [0.1, 0.15) is 39.0 Å². The predicted octanol–water partition coefficient (Wildman–Crippen LogP) is 3.96. The highest BCUT2D eigenvalue weighted by atomic mass is 16.6. The number of rotatable bonds is 1. The molecule has 0 N–H and O–H groups in total. The Labute approximate surface area is 110 Å². The highest BCUT2D eigenvalue weighted by molar-refractivity contribution is 5.14. The Morgan fingerprint density at radius 3 is 2.94 bits per heavy atom. The molecule has 2 saturated carbocycles. The number of fused-ring (bicyclic) bond motifs is 5. The first kappa shape index (κ1) is 11.3. The summed E-state index contributed by atoms with van der Waals surface area (Å²) in [4.78, 5) is 0. The van der Waals surface area contributed by atoms with Gasteiger partial charge in [0.05, 0.1) is 12.2 Å². The van der Waals surface area contributed by atoms with Crippen LogP contribution >= 0.6 is 0 Å². The summed E-state index contributed by atoms with van der Waals surface area (Å²) in [5, 5.41) is 0. The molecule has 4 aliphatic rings. The number of hydrogen-bond donors (Lipinski definition) is 0. The first-order valence-corrected chi connectivity index (χ1v) is 7.71. The SMILES string of the molecule is C=C(C)C1CCC2C3C=CCC3CC3OC3C2C1. The monoisotopic (exact) mass is 244 g/mol. The normalized spacial score (nSPS) is 53.1. The second-order valence-electron chi connectivity index (χ2n) is 7.06. The van der Waals surface area contributed by atoms with E-state index in [1.54, 1.807) is 0 Å². The maximum absolute atomic E-state index is 6.01. The first-order chi connectivity index (χ1) is 8.74. The third-order valence-corrected chi connectivity index (χ3v) is 6.07. The fourth-order valence-corrected chi connectivity index (χ4v) is 5.02. The Morgan fingerprint density at radius 1 is 1.22 bits per heavy atom. The van der Waals surface area contributed by atoms with Crippen LogP contribution in [0.5, 0.6) is 0 Å². The van der Waals surface area contributed by atoms with Crippen molar-refractivity contribution in [2.75, 3.05) is 0 Å². The van der Waals surface area contributed by atoms with Gasteiger partial charge in [-0.15, -0.1) is 0 Å². The Kier molecular flexibility index (Phi) is 2.49. The summed E-state index contributed by atoms with van der Waals surface area (Å²) >= 11 is 0. The zero-order valence-corrected chi connectivity index (χ0v) is 11.3. The second kappa shape index (κ2) is 3.96. The molecule has 0 radical (unpaired) electrons. The lowest BCUT2D eigenvalue weighted by Gasteiger charge is -2.39. The van der Waals surface area contributed by atoms with E-state index in [0.29, 0.717) is 12.2 Å². The lowest BCUT2D eigenvalue weighted by Crippen LogP contribution is -2.33. The van der Waals surface area contributed by atoms with E-state index in [1.807, 2.05) is 0 Å². The van der Waals surface area contributed by atoms with Crippen molar-refractivity contribution in [1.29, 1.82) is 0 Å². The Balaban J connectivity index is 1.60. The largest absolute Gasteiger partial charge is 0.369 e. The van der Waals surface area contributed by atoms with E-state index in [2.05, 4.69) is 25.7 Å². The van der Waals surface area contributed by atoms with Gasteiger partial charge in [-0.25, -0.2) is 0 Å². The third-order valence-electron chi connectivity index (χ3n) is 6.07. The Hall–Kier alpha value is -0.560. The van der Waals surface area contributed by atoms with Crippen LogP contribution < -0.4 is 0 Å². The van der Waals surface area contributed by atoms with E-state index < -0.39 is 0 Å². The standard InChI is InChI=1S/C17H24O/c1-10(2)11-6-7-14-13-5-3-4-12(13)9-16-17(18-16)15(14)8-11/h3,5,11-17H,1,4,6-9H2,2H3. The molecule has 98 valence electrons. The molecule has 1 aliphatic heterocycles. The summed E-state index contributed by atoms with van der Waals surface area (Å²) < 4.78 is 6.01. The summed E-state index contributed by atoms with van der Waals surface area (Å²) in [6.07, 6.45) is 12.9. The summed E-state index contributed by atoms with van der Waals surface area (Å²) in [6, 6.07) is 0. The minimum absolute atomic E-state index is 0.608. The Morgan fingerprint density at radius 2 is 2.11 bits per heavy atom. The molecule has 0 amide bonds. The van der Waals surface area contributed by atoms with Gasteiger partial charge in [0, 0.05) is 0 Å². The van der Waals surface area contributed by atoms with Crippen LogP contribution in [0.15, 0.2) is 24.3 Å². The molecule has 0 bridgehead atoms. The second-order valence-corrected chi connectivity index (χ2v) is 7.06. The quantitative estimate of drug-likeness (QED) is 0.502. The summed E-state index contributed by atoms with van der Waals surface area (Å²) in [6.45, 7) is 6.40. The van der Waals surface area contributed by atoms with E-state index in [0.717, 1.165) is 29.6 Å². The molecule has 7 atom stereocenters. The van der Waals surface area contributed by atoms with Crippen molar-refractivity contribution in [3.05, 3.63) is 24.3 Å². The van der Waals surface area contributed by atoms with E-state index in [9.17, 15) is 0 Å². The fraction of sp³-hybridized carbons (Fsp3) is 0.765. The van der Waals surface area contributed by atoms with Gasteiger partial charge >= 0.3 is 0 Å². The Bertz CT molecular complexity index is 396. The van der Waals surface area contributed by atoms with E-state index in [-0.39, 0.29) is 0 Å². The van der Waals surface area contributed by atoms with Crippen molar-refractivity contribution in [2.24, 2.45) is 29.6 Å². The molecule has 0 spiro atoms. The number of epoxide rings is 1. The highest BCUT2D eigenvalue weighted by Gasteiger charge is 2.55. The van der Waals surface area contributed by atoms with Crippen LogP contribution in [-0.4, -0.2) is 12.2 Å². The zero-order valence-electron chi connectivity index (χ0n) is 11.3. The predicted molar refractivity (Wildman–Crippen MR) is 73.2 cm³/mol. The van der Waals surface area contributed by atoms with Gasteiger partial charge in [0.15, 0.2) is 0 Å². The number of ether oxygens (including phenoxy) is 1. The van der Waals surface area contributed by atoms with E-state index in [1.165, 1.54) is 37.7 Å². The van der Waals surface area contributed by atoms with Crippen LogP contribution in [0.4, 0.5) is 0 Å². The van der Waals surface area contributed by atoms with Crippen LogP contribution in [0, 0.1) is 29.6 Å². The maximum Gasteiger partial charge on any atom is 0.0873 e. The molecule has 1 heteroatoms. The van der Waals surface area contributed by atoms with Gasteiger partial charge in [0.1, 0.15) is 0 Å². The van der Waals surface area contributed by atoms with Gasteiger partial charge in [-0.1, -0.05) is 24.3 Å². The molecular formula is C17H24O. The lowest BCUT2D eigenvalue weighted by atomic mass is 9.66. The molecule has 0 aromatic carbocycles. The van der Waals surface area contributed by atoms with Crippen LogP contribution in [0.25, 0.3) is 0 Å². The van der Waals surface area contributed by atoms with E-state index in [4.69, 9.17) is 4.74 Å². The summed E-state index contributed by atoms with van der Waals surface area (Å²) in [7, 11) is 0. The summed E-state index contributed by atoms with van der Waals surface area (Å²) in [5.41, 5.74) is 1.40. The van der Waals surface area contributed by atoms with Crippen molar-refractivity contribution in [2.45, 2.75) is 51.2 Å². The average Bonchev–Trinajstić information content (AvgIpc) is 2.99. The van der Waals surface area contributed by atoms with Gasteiger partial charge < -0.3 is 4.74 Å². The molecule has 3 aliphatic carbocycles. The van der Waals surface area contributed by atoms with Crippen molar-refractivity contribution in [1.82, 2.24) is 0 Å². The molecule has 0 aromatic heterocycles. The van der Waals surface area contributed by atoms with Crippen molar-refractivity contribution < 1.29 is 4.74 Å². The minimum Gasteiger partial charge on any atom is -0.369 e. The van der Waals surface area contributed by atoms with Crippen LogP contribution in [0.3, 0.4) is 0 Å². The van der Waals surface area contributed by atoms with Crippen molar-refractivity contribution >= 4 is 0 Å². The molecule has 4 rings (SSSR count). The van der Waals surface area contributed by atoms with Gasteiger partial charge in [-0.05, 0) is 68.6 Å². The van der Waals surface area contributed by atoms with Crippen molar-refractivity contribution in [3.63, 3.8) is 0 Å². The topological polar surface area (TPSA) is 12.5 Å². The molecule has 0 aromatic rings. The lowest BCUT2D eigenvalue weighted by molar-refractivity contribution is 0.0983. The highest BCUT2D eigenvalue weighted by Crippen LogP contribution is 2.55. The zero-order chi connectivity index (χ0) is 12.3. The van der Waals surface area contributed by atoms with Crippen molar-refractivity contribution in [3.8, 4) is 0 Å². The smallest absolute Gasteiger partial charge is 0.0873 e. The fourth-order valence-electron chi connectivity index (χ4n) is 5.02. The van der Waals surface area contributed by atoms with E-state index >= 15 is 0 Å². The summed E-state index contributed by atoms with van der Waals surface area (Å²) in [5.74, 6) is 4.26. The van der Waals surface area contributed by atoms with Gasteiger partial charge in [-0.3, -0.25) is 0 Å². The molecule has 18 heavy (non-hydrogen) atoms.